The lowest BCUT2D eigenvalue weighted by Gasteiger charge is -2.21. The fourth-order valence-electron chi connectivity index (χ4n) is 3.20. The van der Waals surface area contributed by atoms with Gasteiger partial charge in [0.2, 0.25) is 5.91 Å². The van der Waals surface area contributed by atoms with Crippen LogP contribution in [-0.4, -0.2) is 47.4 Å². The Hall–Kier alpha value is -1.91. The molecule has 3 rings (SSSR count). The summed E-state index contributed by atoms with van der Waals surface area (Å²) < 4.78 is 0. The predicted molar refractivity (Wildman–Crippen MR) is 96.0 cm³/mol. The molecule has 0 spiro atoms. The molecule has 1 saturated heterocycles. The number of aromatic nitrogens is 1. The summed E-state index contributed by atoms with van der Waals surface area (Å²) in [6.45, 7) is 2.63. The Morgan fingerprint density at radius 1 is 1.29 bits per heavy atom. The Kier molecular flexibility index (Phi) is 5.48. The second kappa shape index (κ2) is 7.77. The lowest BCUT2D eigenvalue weighted by molar-refractivity contribution is -0.131. The van der Waals surface area contributed by atoms with E-state index in [-0.39, 0.29) is 5.91 Å². The van der Waals surface area contributed by atoms with E-state index in [1.54, 1.807) is 6.20 Å². The van der Waals surface area contributed by atoms with Crippen molar-refractivity contribution in [2.75, 3.05) is 26.7 Å². The average molecular weight is 344 g/mol. The number of rotatable bonds is 5. The molecule has 0 saturated carbocycles. The molecular weight excluding hydrogens is 322 g/mol. The van der Waals surface area contributed by atoms with E-state index in [0.717, 1.165) is 35.8 Å². The highest BCUT2D eigenvalue weighted by atomic mass is 35.5. The molecule has 2 aromatic rings. The fraction of sp³-hybridized carbons (Fsp3) is 0.368. The molecule has 1 aromatic heterocycles. The Balaban J connectivity index is 1.54. The Bertz CT molecular complexity index is 692. The maximum absolute atomic E-state index is 12.5. The van der Waals surface area contributed by atoms with Gasteiger partial charge in [0.05, 0.1) is 12.2 Å². The van der Waals surface area contributed by atoms with E-state index in [2.05, 4.69) is 11.1 Å². The first-order valence-corrected chi connectivity index (χ1v) is 8.62. The quantitative estimate of drug-likeness (QED) is 0.836. The standard InChI is InChI=1S/C19H22ClN3O/c1-22(13-16-6-4-5-10-21-16)14-19(24)23-11-9-15(12-23)17-7-2-3-8-18(17)20/h2-8,10,15H,9,11-14H2,1H3/t15-/m1/s1. The van der Waals surface area contributed by atoms with Gasteiger partial charge in [-0.15, -0.1) is 0 Å². The summed E-state index contributed by atoms with van der Waals surface area (Å²) in [5, 5.41) is 0.795. The summed E-state index contributed by atoms with van der Waals surface area (Å²) in [6.07, 6.45) is 2.75. The molecule has 1 fully saturated rings. The highest BCUT2D eigenvalue weighted by molar-refractivity contribution is 6.31. The van der Waals surface area contributed by atoms with Crippen molar-refractivity contribution in [2.45, 2.75) is 18.9 Å². The monoisotopic (exact) mass is 343 g/mol. The third kappa shape index (κ3) is 4.13. The topological polar surface area (TPSA) is 36.4 Å². The van der Waals surface area contributed by atoms with Gasteiger partial charge in [-0.2, -0.15) is 0 Å². The first-order chi connectivity index (χ1) is 11.6. The van der Waals surface area contributed by atoms with Crippen LogP contribution in [0, 0.1) is 0 Å². The predicted octanol–water partition coefficient (Wildman–Crippen LogP) is 3.18. The van der Waals surface area contributed by atoms with Crippen LogP contribution in [0.5, 0.6) is 0 Å². The first kappa shape index (κ1) is 16.9. The van der Waals surface area contributed by atoms with E-state index in [0.29, 0.717) is 19.0 Å². The number of likely N-dealkylation sites (N-methyl/N-ethyl adjacent to an activating group) is 1. The first-order valence-electron chi connectivity index (χ1n) is 8.24. The van der Waals surface area contributed by atoms with Gasteiger partial charge in [-0.1, -0.05) is 35.9 Å². The highest BCUT2D eigenvalue weighted by Gasteiger charge is 2.28. The fourth-order valence-corrected chi connectivity index (χ4v) is 3.49. The van der Waals surface area contributed by atoms with Crippen molar-refractivity contribution < 1.29 is 4.79 Å². The largest absolute Gasteiger partial charge is 0.341 e. The van der Waals surface area contributed by atoms with Crippen LogP contribution in [0.4, 0.5) is 0 Å². The summed E-state index contributed by atoms with van der Waals surface area (Å²) >= 11 is 6.29. The summed E-state index contributed by atoms with van der Waals surface area (Å²) in [7, 11) is 1.95. The molecule has 1 aliphatic heterocycles. The molecular formula is C19H22ClN3O. The average Bonchev–Trinajstić information content (AvgIpc) is 3.06. The van der Waals surface area contributed by atoms with Crippen molar-refractivity contribution >= 4 is 17.5 Å². The number of hydrogen-bond acceptors (Lipinski definition) is 3. The van der Waals surface area contributed by atoms with Crippen molar-refractivity contribution in [2.24, 2.45) is 0 Å². The van der Waals surface area contributed by atoms with Gasteiger partial charge >= 0.3 is 0 Å². The third-order valence-electron chi connectivity index (χ3n) is 4.45. The molecule has 2 heterocycles. The van der Waals surface area contributed by atoms with Crippen LogP contribution in [0.25, 0.3) is 0 Å². The number of carbonyl (C=O) groups excluding carboxylic acids is 1. The summed E-state index contributed by atoms with van der Waals surface area (Å²) in [6, 6.07) is 13.8. The van der Waals surface area contributed by atoms with Crippen molar-refractivity contribution in [3.8, 4) is 0 Å². The molecule has 5 heteroatoms. The van der Waals surface area contributed by atoms with Crippen molar-refractivity contribution in [3.63, 3.8) is 0 Å². The molecule has 0 unspecified atom stereocenters. The van der Waals surface area contributed by atoms with Crippen LogP contribution in [-0.2, 0) is 11.3 Å². The molecule has 4 nitrogen and oxygen atoms in total. The third-order valence-corrected chi connectivity index (χ3v) is 4.79. The Morgan fingerprint density at radius 3 is 2.83 bits per heavy atom. The van der Waals surface area contributed by atoms with Gasteiger partial charge in [0.25, 0.3) is 0 Å². The molecule has 1 aliphatic rings. The molecule has 0 bridgehead atoms. The Morgan fingerprint density at radius 2 is 2.08 bits per heavy atom. The zero-order valence-electron chi connectivity index (χ0n) is 13.9. The van der Waals surface area contributed by atoms with Gasteiger partial charge in [0.15, 0.2) is 0 Å². The summed E-state index contributed by atoms with van der Waals surface area (Å²) in [5.74, 6) is 0.506. The van der Waals surface area contributed by atoms with Crippen molar-refractivity contribution in [3.05, 3.63) is 64.9 Å². The molecule has 0 aliphatic carbocycles. The van der Waals surface area contributed by atoms with E-state index in [4.69, 9.17) is 11.6 Å². The maximum Gasteiger partial charge on any atom is 0.236 e. The van der Waals surface area contributed by atoms with Crippen molar-refractivity contribution in [1.29, 1.82) is 0 Å². The summed E-state index contributed by atoms with van der Waals surface area (Å²) in [4.78, 5) is 20.8. The zero-order valence-corrected chi connectivity index (χ0v) is 14.6. The van der Waals surface area contributed by atoms with E-state index in [9.17, 15) is 4.79 Å². The van der Waals surface area contributed by atoms with E-state index < -0.39 is 0 Å². The van der Waals surface area contributed by atoms with Crippen molar-refractivity contribution in [1.82, 2.24) is 14.8 Å². The minimum Gasteiger partial charge on any atom is -0.341 e. The van der Waals surface area contributed by atoms with Crippen LogP contribution < -0.4 is 0 Å². The number of nitrogens with zero attached hydrogens (tertiary/aromatic N) is 3. The number of likely N-dealkylation sites (tertiary alicyclic amines) is 1. The number of halogens is 1. The number of amides is 1. The van der Waals surface area contributed by atoms with Gasteiger partial charge in [-0.3, -0.25) is 14.7 Å². The van der Waals surface area contributed by atoms with Gasteiger partial charge < -0.3 is 4.90 Å². The number of carbonyl (C=O) groups is 1. The van der Waals surface area contributed by atoms with E-state index in [1.165, 1.54) is 0 Å². The molecule has 1 aromatic carbocycles. The lowest BCUT2D eigenvalue weighted by Crippen LogP contribution is -2.37. The molecule has 126 valence electrons. The smallest absolute Gasteiger partial charge is 0.236 e. The molecule has 0 N–H and O–H groups in total. The van der Waals surface area contributed by atoms with Gasteiger partial charge in [-0.05, 0) is 37.2 Å². The lowest BCUT2D eigenvalue weighted by atomic mass is 9.98. The second-order valence-electron chi connectivity index (χ2n) is 6.34. The van der Waals surface area contributed by atoms with Crippen LogP contribution in [0.15, 0.2) is 48.7 Å². The van der Waals surface area contributed by atoms with Crippen LogP contribution in [0.3, 0.4) is 0 Å². The SMILES string of the molecule is CN(CC(=O)N1CC[C@@H](c2ccccc2Cl)C1)Cc1ccccn1. The molecule has 24 heavy (non-hydrogen) atoms. The van der Waals surface area contributed by atoms with Crippen LogP contribution >= 0.6 is 11.6 Å². The van der Waals surface area contributed by atoms with E-state index in [1.807, 2.05) is 53.2 Å². The Labute approximate surface area is 148 Å². The second-order valence-corrected chi connectivity index (χ2v) is 6.75. The molecule has 1 amide bonds. The zero-order chi connectivity index (χ0) is 16.9. The molecule has 0 radical (unpaired) electrons. The highest BCUT2D eigenvalue weighted by Crippen LogP contribution is 2.31. The van der Waals surface area contributed by atoms with Gasteiger partial charge in [-0.25, -0.2) is 0 Å². The minimum atomic E-state index is 0.169. The van der Waals surface area contributed by atoms with Gasteiger partial charge in [0, 0.05) is 36.8 Å². The number of pyridine rings is 1. The normalized spacial score (nSPS) is 17.5. The van der Waals surface area contributed by atoms with Crippen LogP contribution in [0.2, 0.25) is 5.02 Å². The number of hydrogen-bond donors (Lipinski definition) is 0. The minimum absolute atomic E-state index is 0.169. The maximum atomic E-state index is 12.5. The number of benzene rings is 1. The van der Waals surface area contributed by atoms with Crippen LogP contribution in [0.1, 0.15) is 23.6 Å². The summed E-state index contributed by atoms with van der Waals surface area (Å²) in [5.41, 5.74) is 2.12. The van der Waals surface area contributed by atoms with E-state index >= 15 is 0 Å². The molecule has 1 atom stereocenters. The van der Waals surface area contributed by atoms with Gasteiger partial charge in [0.1, 0.15) is 0 Å².